The van der Waals surface area contributed by atoms with Gasteiger partial charge in [-0.05, 0) is 36.6 Å². The highest BCUT2D eigenvalue weighted by Gasteiger charge is 2.23. The van der Waals surface area contributed by atoms with Gasteiger partial charge in [0.15, 0.2) is 5.82 Å². The molecule has 1 aromatic heterocycles. The summed E-state index contributed by atoms with van der Waals surface area (Å²) in [6.07, 6.45) is 1.28. The number of aromatic nitrogens is 2. The van der Waals surface area contributed by atoms with Gasteiger partial charge in [0.1, 0.15) is 11.9 Å². The summed E-state index contributed by atoms with van der Waals surface area (Å²) >= 11 is 6.10. The monoisotopic (exact) mass is 332 g/mol. The van der Waals surface area contributed by atoms with Crippen LogP contribution in [0.2, 0.25) is 5.02 Å². The fourth-order valence-electron chi connectivity index (χ4n) is 2.31. The lowest BCUT2D eigenvalue weighted by atomic mass is 10.2. The van der Waals surface area contributed by atoms with Gasteiger partial charge in [-0.3, -0.25) is 4.79 Å². The van der Waals surface area contributed by atoms with E-state index in [0.717, 1.165) is 18.4 Å². The second-order valence-electron chi connectivity index (χ2n) is 5.24. The third-order valence-electron chi connectivity index (χ3n) is 3.56. The first-order valence-corrected chi connectivity index (χ1v) is 7.83. The summed E-state index contributed by atoms with van der Waals surface area (Å²) in [5, 5.41) is 14.6. The zero-order chi connectivity index (χ0) is 16.1. The Morgan fingerprint density at radius 2 is 2.00 bits per heavy atom. The van der Waals surface area contributed by atoms with Crippen LogP contribution in [-0.4, -0.2) is 28.8 Å². The average Bonchev–Trinajstić information content (AvgIpc) is 3.10. The molecule has 1 fully saturated rings. The summed E-state index contributed by atoms with van der Waals surface area (Å²) in [5.41, 5.74) is 0.978. The smallest absolute Gasteiger partial charge is 0.254 e. The van der Waals surface area contributed by atoms with Crippen LogP contribution < -0.4 is 10.6 Å². The molecule has 0 aliphatic carbocycles. The molecule has 2 N–H and O–H groups in total. The van der Waals surface area contributed by atoms with Crippen molar-refractivity contribution in [3.05, 3.63) is 47.0 Å². The van der Waals surface area contributed by atoms with E-state index in [0.29, 0.717) is 29.8 Å². The number of carbonyl (C=O) groups excluding carboxylic acids is 1. The molecule has 1 aliphatic heterocycles. The number of benzene rings is 1. The minimum absolute atomic E-state index is 0.173. The normalized spacial score (nSPS) is 17.0. The van der Waals surface area contributed by atoms with Gasteiger partial charge in [-0.15, -0.1) is 10.2 Å². The lowest BCUT2D eigenvalue weighted by Gasteiger charge is -2.10. The first-order valence-electron chi connectivity index (χ1n) is 7.46. The fraction of sp³-hybridized carbons (Fsp3) is 0.312. The first-order chi connectivity index (χ1) is 11.2. The van der Waals surface area contributed by atoms with Gasteiger partial charge in [0.05, 0.1) is 0 Å². The van der Waals surface area contributed by atoms with E-state index in [1.54, 1.807) is 12.1 Å². The Balaban J connectivity index is 1.54. The molecule has 6 nitrogen and oxygen atoms in total. The van der Waals surface area contributed by atoms with E-state index >= 15 is 0 Å². The van der Waals surface area contributed by atoms with E-state index < -0.39 is 0 Å². The number of halogens is 1. The zero-order valence-corrected chi connectivity index (χ0v) is 13.2. The van der Waals surface area contributed by atoms with E-state index in [1.807, 2.05) is 24.3 Å². The summed E-state index contributed by atoms with van der Waals surface area (Å²) < 4.78 is 5.32. The lowest BCUT2D eigenvalue weighted by molar-refractivity contribution is -0.124. The molecule has 2 aromatic rings. The summed E-state index contributed by atoms with van der Waals surface area (Å²) in [7, 11) is 0. The fourth-order valence-corrected chi connectivity index (χ4v) is 2.51. The molecule has 23 heavy (non-hydrogen) atoms. The van der Waals surface area contributed by atoms with Crippen LogP contribution in [0, 0.1) is 0 Å². The van der Waals surface area contributed by atoms with Crippen molar-refractivity contribution in [3.8, 4) is 0 Å². The summed E-state index contributed by atoms with van der Waals surface area (Å²) in [6.45, 7) is 1.19. The van der Waals surface area contributed by atoms with Crippen molar-refractivity contribution >= 4 is 29.1 Å². The number of hydrogen-bond acceptors (Lipinski definition) is 5. The van der Waals surface area contributed by atoms with Gasteiger partial charge < -0.3 is 15.4 Å². The molecule has 0 bridgehead atoms. The van der Waals surface area contributed by atoms with Crippen LogP contribution in [-0.2, 0) is 16.1 Å². The van der Waals surface area contributed by atoms with Gasteiger partial charge in [0.2, 0.25) is 0 Å². The van der Waals surface area contributed by atoms with Crippen LogP contribution >= 0.6 is 11.6 Å². The number of carbonyl (C=O) groups is 1. The maximum Gasteiger partial charge on any atom is 0.254 e. The highest BCUT2D eigenvalue weighted by Crippen LogP contribution is 2.17. The second-order valence-corrected chi connectivity index (χ2v) is 5.65. The highest BCUT2D eigenvalue weighted by atomic mass is 35.5. The number of nitrogens with one attached hydrogen (secondary N) is 2. The van der Waals surface area contributed by atoms with Crippen molar-refractivity contribution in [3.63, 3.8) is 0 Å². The molecule has 2 heterocycles. The molecule has 7 heteroatoms. The molecular weight excluding hydrogens is 316 g/mol. The van der Waals surface area contributed by atoms with E-state index in [-0.39, 0.29) is 12.0 Å². The van der Waals surface area contributed by atoms with Crippen molar-refractivity contribution in [2.24, 2.45) is 0 Å². The summed E-state index contributed by atoms with van der Waals surface area (Å²) in [6, 6.07) is 11.1. The second kappa shape index (κ2) is 7.39. The van der Waals surface area contributed by atoms with Crippen LogP contribution in [0.4, 0.5) is 11.6 Å². The van der Waals surface area contributed by atoms with Crippen LogP contribution in [0.25, 0.3) is 0 Å². The van der Waals surface area contributed by atoms with E-state index in [9.17, 15) is 4.79 Å². The maximum absolute atomic E-state index is 11.9. The lowest BCUT2D eigenvalue weighted by Crippen LogP contribution is -2.27. The number of anilines is 2. The van der Waals surface area contributed by atoms with E-state index in [1.165, 1.54) is 0 Å². The number of amides is 1. The Morgan fingerprint density at radius 3 is 2.70 bits per heavy atom. The Labute approximate surface area is 139 Å². The van der Waals surface area contributed by atoms with E-state index in [2.05, 4.69) is 20.8 Å². The predicted molar refractivity (Wildman–Crippen MR) is 88.4 cm³/mol. The maximum atomic E-state index is 11.9. The molecule has 1 amide bonds. The molecule has 1 aromatic carbocycles. The molecule has 1 aliphatic rings. The standard InChI is InChI=1S/C16H17ClN4O2/c17-12-5-2-1-4-11(12)10-18-14-7-8-15(21-20-14)19-16(22)13-6-3-9-23-13/h1-2,4-5,7-8,13H,3,6,9-10H2,(H,18,20)(H,19,21,22). The zero-order valence-electron chi connectivity index (χ0n) is 12.5. The molecule has 0 radical (unpaired) electrons. The van der Waals surface area contributed by atoms with Crippen molar-refractivity contribution in [2.45, 2.75) is 25.5 Å². The van der Waals surface area contributed by atoms with Gasteiger partial charge in [0.25, 0.3) is 5.91 Å². The van der Waals surface area contributed by atoms with Crippen LogP contribution in [0.15, 0.2) is 36.4 Å². The molecule has 0 spiro atoms. The molecule has 0 saturated carbocycles. The van der Waals surface area contributed by atoms with Gasteiger partial charge in [-0.25, -0.2) is 0 Å². The molecule has 1 atom stereocenters. The summed E-state index contributed by atoms with van der Waals surface area (Å²) in [4.78, 5) is 11.9. The molecule has 1 unspecified atom stereocenters. The number of hydrogen-bond donors (Lipinski definition) is 2. The molecule has 120 valence electrons. The summed E-state index contributed by atoms with van der Waals surface area (Å²) in [5.74, 6) is 0.849. The molecule has 3 rings (SSSR count). The van der Waals surface area contributed by atoms with E-state index in [4.69, 9.17) is 16.3 Å². The predicted octanol–water partition coefficient (Wildman–Crippen LogP) is 2.86. The van der Waals surface area contributed by atoms with Gasteiger partial charge in [-0.2, -0.15) is 0 Å². The Bertz CT molecular complexity index is 672. The van der Waals surface area contributed by atoms with Crippen molar-refractivity contribution in [1.29, 1.82) is 0 Å². The molecular formula is C16H17ClN4O2. The Morgan fingerprint density at radius 1 is 1.22 bits per heavy atom. The topological polar surface area (TPSA) is 76.1 Å². The number of rotatable bonds is 5. The third kappa shape index (κ3) is 4.18. The first kappa shape index (κ1) is 15.7. The van der Waals surface area contributed by atoms with Crippen molar-refractivity contribution < 1.29 is 9.53 Å². The minimum atomic E-state index is -0.380. The van der Waals surface area contributed by atoms with Crippen LogP contribution in [0.1, 0.15) is 18.4 Å². The van der Waals surface area contributed by atoms with Crippen molar-refractivity contribution in [1.82, 2.24) is 10.2 Å². The third-order valence-corrected chi connectivity index (χ3v) is 3.92. The van der Waals surface area contributed by atoms with Crippen LogP contribution in [0.5, 0.6) is 0 Å². The van der Waals surface area contributed by atoms with Gasteiger partial charge in [0, 0.05) is 18.2 Å². The van der Waals surface area contributed by atoms with Gasteiger partial charge >= 0.3 is 0 Å². The van der Waals surface area contributed by atoms with Crippen LogP contribution in [0.3, 0.4) is 0 Å². The minimum Gasteiger partial charge on any atom is -0.368 e. The quantitative estimate of drug-likeness (QED) is 0.880. The highest BCUT2D eigenvalue weighted by molar-refractivity contribution is 6.31. The van der Waals surface area contributed by atoms with Gasteiger partial charge in [-0.1, -0.05) is 29.8 Å². The Hall–Kier alpha value is -2.18. The number of nitrogens with zero attached hydrogens (tertiary/aromatic N) is 2. The Kier molecular flexibility index (Phi) is 5.05. The van der Waals surface area contributed by atoms with Crippen molar-refractivity contribution in [2.75, 3.05) is 17.2 Å². The average molecular weight is 333 g/mol. The largest absolute Gasteiger partial charge is 0.368 e. The number of ether oxygens (including phenoxy) is 1. The SMILES string of the molecule is O=C(Nc1ccc(NCc2ccccc2Cl)nn1)C1CCCO1. The molecule has 1 saturated heterocycles.